The highest BCUT2D eigenvalue weighted by Gasteiger charge is 2.45. The van der Waals surface area contributed by atoms with Crippen LogP contribution in [0.15, 0.2) is 103 Å². The molecule has 0 N–H and O–H groups in total. The Hall–Kier alpha value is -3.96. The van der Waals surface area contributed by atoms with Crippen molar-refractivity contribution in [1.29, 1.82) is 0 Å². The molecule has 5 nitrogen and oxygen atoms in total. The molecule has 1 saturated heterocycles. The Morgan fingerprint density at radius 3 is 2.29 bits per heavy atom. The molecule has 0 aliphatic carbocycles. The van der Waals surface area contributed by atoms with Crippen LogP contribution in [0, 0.1) is 0 Å². The third-order valence-electron chi connectivity index (χ3n) is 6.53. The van der Waals surface area contributed by atoms with Gasteiger partial charge in [0.15, 0.2) is 0 Å². The van der Waals surface area contributed by atoms with Crippen LogP contribution in [0.25, 0.3) is 16.8 Å². The molecule has 1 fully saturated rings. The SMILES string of the molecule is CC1(C)OCC(Cc2ccccc2)N1C(=O)C(=O)c1cccc(-c2ccc(-n3cccc3)cc2)c1. The first-order valence-electron chi connectivity index (χ1n) is 11.8. The summed E-state index contributed by atoms with van der Waals surface area (Å²) in [5.41, 5.74) is 3.56. The maximum absolute atomic E-state index is 13.5. The number of hydrogen-bond acceptors (Lipinski definition) is 3. The molecule has 1 amide bonds. The van der Waals surface area contributed by atoms with Crippen molar-refractivity contribution < 1.29 is 14.3 Å². The molecule has 1 atom stereocenters. The van der Waals surface area contributed by atoms with Crippen molar-refractivity contribution in [2.24, 2.45) is 0 Å². The maximum atomic E-state index is 13.5. The number of carbonyl (C=O) groups is 2. The largest absolute Gasteiger partial charge is 0.354 e. The third kappa shape index (κ3) is 4.68. The van der Waals surface area contributed by atoms with Crippen molar-refractivity contribution in [3.05, 3.63) is 115 Å². The highest BCUT2D eigenvalue weighted by atomic mass is 16.5. The van der Waals surface area contributed by atoms with Gasteiger partial charge >= 0.3 is 0 Å². The third-order valence-corrected chi connectivity index (χ3v) is 6.53. The molecule has 35 heavy (non-hydrogen) atoms. The number of Topliss-reactive ketones (excluding diaryl/α,β-unsaturated/α-hetero) is 1. The fourth-order valence-electron chi connectivity index (χ4n) is 4.74. The molecule has 3 aromatic carbocycles. The molecule has 1 aromatic heterocycles. The summed E-state index contributed by atoms with van der Waals surface area (Å²) in [5.74, 6) is -1.05. The van der Waals surface area contributed by atoms with Gasteiger partial charge in [-0.25, -0.2) is 0 Å². The minimum atomic E-state index is -0.849. The van der Waals surface area contributed by atoms with E-state index >= 15 is 0 Å². The molecule has 176 valence electrons. The Morgan fingerprint density at radius 1 is 0.857 bits per heavy atom. The maximum Gasteiger partial charge on any atom is 0.297 e. The van der Waals surface area contributed by atoms with Gasteiger partial charge in [0.1, 0.15) is 5.72 Å². The first-order valence-corrected chi connectivity index (χ1v) is 11.8. The molecule has 0 spiro atoms. The molecule has 1 aliphatic heterocycles. The zero-order valence-corrected chi connectivity index (χ0v) is 19.9. The first-order chi connectivity index (χ1) is 16.9. The van der Waals surface area contributed by atoms with Crippen LogP contribution in [0.4, 0.5) is 0 Å². The highest BCUT2D eigenvalue weighted by molar-refractivity contribution is 6.43. The van der Waals surface area contributed by atoms with Gasteiger partial charge < -0.3 is 14.2 Å². The van der Waals surface area contributed by atoms with E-state index in [4.69, 9.17) is 4.74 Å². The fourth-order valence-corrected chi connectivity index (χ4v) is 4.74. The predicted molar refractivity (Wildman–Crippen MR) is 136 cm³/mol. The molecule has 4 aromatic rings. The summed E-state index contributed by atoms with van der Waals surface area (Å²) < 4.78 is 7.97. The van der Waals surface area contributed by atoms with Crippen molar-refractivity contribution in [3.63, 3.8) is 0 Å². The van der Waals surface area contributed by atoms with E-state index in [0.717, 1.165) is 22.4 Å². The van der Waals surface area contributed by atoms with Gasteiger partial charge in [0.25, 0.3) is 5.91 Å². The first kappa shape index (κ1) is 22.8. The molecule has 2 heterocycles. The lowest BCUT2D eigenvalue weighted by atomic mass is 9.99. The lowest BCUT2D eigenvalue weighted by Gasteiger charge is -2.33. The summed E-state index contributed by atoms with van der Waals surface area (Å²) in [4.78, 5) is 28.5. The van der Waals surface area contributed by atoms with Gasteiger partial charge in [-0.05, 0) is 67.3 Å². The van der Waals surface area contributed by atoms with E-state index in [1.54, 1.807) is 17.0 Å². The smallest absolute Gasteiger partial charge is 0.297 e. The average molecular weight is 465 g/mol. The molecule has 1 aliphatic rings. The summed E-state index contributed by atoms with van der Waals surface area (Å²) in [6.07, 6.45) is 4.63. The van der Waals surface area contributed by atoms with Crippen LogP contribution in [0.5, 0.6) is 0 Å². The number of rotatable bonds is 6. The lowest BCUT2D eigenvalue weighted by molar-refractivity contribution is -0.140. The number of benzene rings is 3. The van der Waals surface area contributed by atoms with E-state index in [9.17, 15) is 9.59 Å². The van der Waals surface area contributed by atoms with Crippen LogP contribution < -0.4 is 0 Å². The van der Waals surface area contributed by atoms with Gasteiger partial charge in [-0.3, -0.25) is 9.59 Å². The van der Waals surface area contributed by atoms with Gasteiger partial charge in [-0.15, -0.1) is 0 Å². The monoisotopic (exact) mass is 464 g/mol. The Kier molecular flexibility index (Phi) is 6.10. The lowest BCUT2D eigenvalue weighted by Crippen LogP contribution is -2.51. The van der Waals surface area contributed by atoms with Crippen molar-refractivity contribution in [2.75, 3.05) is 6.61 Å². The Morgan fingerprint density at radius 2 is 1.57 bits per heavy atom. The normalized spacial score (nSPS) is 16.9. The number of carbonyl (C=O) groups excluding carboxylic acids is 2. The fraction of sp³-hybridized carbons (Fsp3) is 0.200. The second-order valence-corrected chi connectivity index (χ2v) is 9.32. The van der Waals surface area contributed by atoms with Crippen LogP contribution in [-0.2, 0) is 16.0 Å². The van der Waals surface area contributed by atoms with Gasteiger partial charge in [0, 0.05) is 23.6 Å². The number of amides is 1. The second-order valence-electron chi connectivity index (χ2n) is 9.32. The van der Waals surface area contributed by atoms with Crippen LogP contribution in [0.2, 0.25) is 0 Å². The van der Waals surface area contributed by atoms with Crippen molar-refractivity contribution >= 4 is 11.7 Å². The van der Waals surface area contributed by atoms with Crippen molar-refractivity contribution in [1.82, 2.24) is 9.47 Å². The Bertz CT molecular complexity index is 1330. The van der Waals surface area contributed by atoms with Crippen molar-refractivity contribution in [3.8, 4) is 16.8 Å². The summed E-state index contributed by atoms with van der Waals surface area (Å²) in [6, 6.07) is 29.1. The topological polar surface area (TPSA) is 51.5 Å². The number of aromatic nitrogens is 1. The van der Waals surface area contributed by atoms with Crippen LogP contribution in [-0.4, -0.2) is 39.5 Å². The van der Waals surface area contributed by atoms with E-state index in [1.165, 1.54) is 0 Å². The molecule has 1 unspecified atom stereocenters. The number of hydrogen-bond donors (Lipinski definition) is 0. The standard InChI is InChI=1S/C30H28N2O3/c1-30(2)32(27(21-35-30)19-22-9-4-3-5-10-22)29(34)28(33)25-12-8-11-24(20-25)23-13-15-26(16-14-23)31-17-6-7-18-31/h3-18,20,27H,19,21H2,1-2H3. The van der Waals surface area contributed by atoms with Crippen LogP contribution in [0.1, 0.15) is 29.8 Å². The zero-order valence-electron chi connectivity index (χ0n) is 19.9. The summed E-state index contributed by atoms with van der Waals surface area (Å²) in [5, 5.41) is 0. The summed E-state index contributed by atoms with van der Waals surface area (Å²) in [6.45, 7) is 4.08. The van der Waals surface area contributed by atoms with Crippen molar-refractivity contribution in [2.45, 2.75) is 32.0 Å². The minimum Gasteiger partial charge on any atom is -0.354 e. The summed E-state index contributed by atoms with van der Waals surface area (Å²) in [7, 11) is 0. The molecule has 5 heteroatoms. The van der Waals surface area contributed by atoms with E-state index < -0.39 is 17.4 Å². The van der Waals surface area contributed by atoms with Gasteiger partial charge in [-0.1, -0.05) is 60.7 Å². The summed E-state index contributed by atoms with van der Waals surface area (Å²) >= 11 is 0. The van der Waals surface area contributed by atoms with Gasteiger partial charge in [0.2, 0.25) is 5.78 Å². The molecular weight excluding hydrogens is 436 g/mol. The number of nitrogens with zero attached hydrogens (tertiary/aromatic N) is 2. The Balaban J connectivity index is 1.37. The predicted octanol–water partition coefficient (Wildman–Crippen LogP) is 5.53. The molecule has 0 bridgehead atoms. The zero-order chi connectivity index (χ0) is 24.4. The number of ether oxygens (including phenoxy) is 1. The van der Waals surface area contributed by atoms with Gasteiger partial charge in [-0.2, -0.15) is 0 Å². The minimum absolute atomic E-state index is 0.201. The van der Waals surface area contributed by atoms with Crippen LogP contribution in [0.3, 0.4) is 0 Å². The molecule has 5 rings (SSSR count). The second kappa shape index (κ2) is 9.35. The number of ketones is 1. The highest BCUT2D eigenvalue weighted by Crippen LogP contribution is 2.30. The van der Waals surface area contributed by atoms with E-state index in [1.807, 2.05) is 110 Å². The molecule has 0 saturated carbocycles. The molecular formula is C30H28N2O3. The Labute approximate surface area is 205 Å². The van der Waals surface area contributed by atoms with Crippen LogP contribution >= 0.6 is 0 Å². The van der Waals surface area contributed by atoms with E-state index in [-0.39, 0.29) is 6.04 Å². The molecule has 0 radical (unpaired) electrons. The quantitative estimate of drug-likeness (QED) is 0.278. The van der Waals surface area contributed by atoms with E-state index in [0.29, 0.717) is 18.6 Å². The van der Waals surface area contributed by atoms with E-state index in [2.05, 4.69) is 0 Å². The van der Waals surface area contributed by atoms with Gasteiger partial charge in [0.05, 0.1) is 12.6 Å². The average Bonchev–Trinajstić information content (AvgIpc) is 3.52.